The summed E-state index contributed by atoms with van der Waals surface area (Å²) >= 11 is 0. The van der Waals surface area contributed by atoms with Crippen LogP contribution in [-0.4, -0.2) is 64.9 Å². The van der Waals surface area contributed by atoms with E-state index in [2.05, 4.69) is 0 Å². The zero-order valence-corrected chi connectivity index (χ0v) is 7.38. The zero-order valence-electron chi connectivity index (χ0n) is 7.38. The third-order valence-corrected chi connectivity index (χ3v) is 2.35. The van der Waals surface area contributed by atoms with Gasteiger partial charge in [0.15, 0.2) is 6.35 Å². The Hall–Kier alpha value is -0.200. The second kappa shape index (κ2) is 3.68. The van der Waals surface area contributed by atoms with Gasteiger partial charge in [0.1, 0.15) is 6.23 Å². The molecule has 0 aromatic carbocycles. The normalized spacial score (nSPS) is 40.2. The van der Waals surface area contributed by atoms with Crippen LogP contribution in [0.5, 0.6) is 0 Å². The lowest BCUT2D eigenvalue weighted by molar-refractivity contribution is -0.213. The summed E-state index contributed by atoms with van der Waals surface area (Å²) in [6.45, 7) is 0.436. The SMILES string of the molecule is CN1CC(CO)C(O)N(C)C1O. The number of aliphatic hydroxyl groups excluding tert-OH is 3. The lowest BCUT2D eigenvalue weighted by atomic mass is 10.1. The molecule has 1 rings (SSSR count). The Morgan fingerprint density at radius 1 is 1.33 bits per heavy atom. The molecule has 1 aliphatic rings. The third kappa shape index (κ3) is 1.60. The fourth-order valence-corrected chi connectivity index (χ4v) is 1.49. The topological polar surface area (TPSA) is 67.2 Å². The van der Waals surface area contributed by atoms with Crippen LogP contribution in [0.4, 0.5) is 0 Å². The Kier molecular flexibility index (Phi) is 3.03. The van der Waals surface area contributed by atoms with Gasteiger partial charge in [-0.2, -0.15) is 0 Å². The first-order valence-corrected chi connectivity index (χ1v) is 3.97. The molecule has 72 valence electrons. The molecule has 0 saturated carbocycles. The fraction of sp³-hybridized carbons (Fsp3) is 1.00. The Morgan fingerprint density at radius 3 is 2.42 bits per heavy atom. The van der Waals surface area contributed by atoms with Crippen LogP contribution in [-0.2, 0) is 0 Å². The van der Waals surface area contributed by atoms with E-state index in [1.807, 2.05) is 0 Å². The number of hydrogen-bond donors (Lipinski definition) is 3. The van der Waals surface area contributed by atoms with Crippen LogP contribution < -0.4 is 0 Å². The van der Waals surface area contributed by atoms with E-state index in [4.69, 9.17) is 5.11 Å². The first-order valence-electron chi connectivity index (χ1n) is 3.97. The maximum absolute atomic E-state index is 9.50. The summed E-state index contributed by atoms with van der Waals surface area (Å²) in [4.78, 5) is 3.10. The minimum atomic E-state index is -0.763. The largest absolute Gasteiger partial charge is 0.396 e. The van der Waals surface area contributed by atoms with Crippen molar-refractivity contribution in [3.63, 3.8) is 0 Å². The number of hydrogen-bond acceptors (Lipinski definition) is 5. The average molecular weight is 176 g/mol. The van der Waals surface area contributed by atoms with Gasteiger partial charge in [0.25, 0.3) is 0 Å². The van der Waals surface area contributed by atoms with Crippen molar-refractivity contribution in [2.24, 2.45) is 5.92 Å². The Balaban J connectivity index is 2.63. The average Bonchev–Trinajstić information content (AvgIpc) is 2.08. The summed E-state index contributed by atoms with van der Waals surface area (Å²) in [5.41, 5.74) is 0. The quantitative estimate of drug-likeness (QED) is 0.434. The van der Waals surface area contributed by atoms with E-state index >= 15 is 0 Å². The van der Waals surface area contributed by atoms with Crippen molar-refractivity contribution in [2.75, 3.05) is 27.2 Å². The molecule has 0 amide bonds. The van der Waals surface area contributed by atoms with Gasteiger partial charge in [0, 0.05) is 12.5 Å². The molecule has 0 bridgehead atoms. The van der Waals surface area contributed by atoms with Gasteiger partial charge in [-0.3, -0.25) is 4.90 Å². The molecule has 0 aromatic rings. The Labute approximate surface area is 71.8 Å². The summed E-state index contributed by atoms with van der Waals surface area (Å²) in [5, 5.41) is 27.8. The lowest BCUT2D eigenvalue weighted by Crippen LogP contribution is -2.60. The van der Waals surface area contributed by atoms with E-state index in [0.717, 1.165) is 0 Å². The van der Waals surface area contributed by atoms with Crippen molar-refractivity contribution >= 4 is 0 Å². The highest BCUT2D eigenvalue weighted by Gasteiger charge is 2.35. The summed E-state index contributed by atoms with van der Waals surface area (Å²) in [5.74, 6) is -0.205. The molecule has 3 N–H and O–H groups in total. The van der Waals surface area contributed by atoms with Crippen molar-refractivity contribution in [2.45, 2.75) is 12.6 Å². The summed E-state index contributed by atoms with van der Waals surface area (Å²) in [7, 11) is 3.36. The molecular weight excluding hydrogens is 160 g/mol. The molecule has 12 heavy (non-hydrogen) atoms. The van der Waals surface area contributed by atoms with Crippen molar-refractivity contribution in [3.8, 4) is 0 Å². The first-order chi connectivity index (χ1) is 5.57. The van der Waals surface area contributed by atoms with Gasteiger partial charge in [-0.1, -0.05) is 0 Å². The molecule has 0 aliphatic carbocycles. The monoisotopic (exact) mass is 176 g/mol. The van der Waals surface area contributed by atoms with E-state index in [0.29, 0.717) is 6.54 Å². The lowest BCUT2D eigenvalue weighted by Gasteiger charge is -2.43. The van der Waals surface area contributed by atoms with Crippen molar-refractivity contribution < 1.29 is 15.3 Å². The first kappa shape index (κ1) is 9.88. The van der Waals surface area contributed by atoms with Crippen LogP contribution in [0.3, 0.4) is 0 Å². The second-order valence-electron chi connectivity index (χ2n) is 3.31. The van der Waals surface area contributed by atoms with E-state index in [1.54, 1.807) is 19.0 Å². The fourth-order valence-electron chi connectivity index (χ4n) is 1.49. The van der Waals surface area contributed by atoms with E-state index in [-0.39, 0.29) is 12.5 Å². The van der Waals surface area contributed by atoms with Gasteiger partial charge in [-0.05, 0) is 14.1 Å². The maximum Gasteiger partial charge on any atom is 0.167 e. The van der Waals surface area contributed by atoms with Crippen LogP contribution in [0, 0.1) is 5.92 Å². The van der Waals surface area contributed by atoms with Gasteiger partial charge in [0.05, 0.1) is 6.61 Å². The molecule has 5 nitrogen and oxygen atoms in total. The molecule has 0 spiro atoms. The summed E-state index contributed by atoms with van der Waals surface area (Å²) < 4.78 is 0. The summed E-state index contributed by atoms with van der Waals surface area (Å²) in [6.07, 6.45) is -1.52. The highest BCUT2D eigenvalue weighted by atomic mass is 16.3. The van der Waals surface area contributed by atoms with Gasteiger partial charge in [-0.25, -0.2) is 4.90 Å². The number of rotatable bonds is 1. The van der Waals surface area contributed by atoms with Crippen LogP contribution in [0.1, 0.15) is 0 Å². The Morgan fingerprint density at radius 2 is 1.92 bits per heavy atom. The van der Waals surface area contributed by atoms with Gasteiger partial charge in [0.2, 0.25) is 0 Å². The maximum atomic E-state index is 9.50. The van der Waals surface area contributed by atoms with Crippen molar-refractivity contribution in [1.82, 2.24) is 9.80 Å². The minimum Gasteiger partial charge on any atom is -0.396 e. The molecule has 1 fully saturated rings. The van der Waals surface area contributed by atoms with E-state index < -0.39 is 12.6 Å². The van der Waals surface area contributed by atoms with Crippen LogP contribution >= 0.6 is 0 Å². The predicted molar refractivity (Wildman–Crippen MR) is 43.0 cm³/mol. The second-order valence-corrected chi connectivity index (χ2v) is 3.31. The molecular formula is C7H16N2O3. The molecule has 3 atom stereocenters. The highest BCUT2D eigenvalue weighted by Crippen LogP contribution is 2.18. The molecule has 3 unspecified atom stereocenters. The third-order valence-electron chi connectivity index (χ3n) is 2.35. The van der Waals surface area contributed by atoms with E-state index in [1.165, 1.54) is 4.90 Å². The number of nitrogens with zero attached hydrogens (tertiary/aromatic N) is 2. The van der Waals surface area contributed by atoms with Crippen LogP contribution in [0.2, 0.25) is 0 Å². The number of aliphatic hydroxyl groups is 3. The molecule has 0 aromatic heterocycles. The van der Waals surface area contributed by atoms with E-state index in [9.17, 15) is 10.2 Å². The standard InChI is InChI=1S/C7H16N2O3/c1-8-3-5(4-10)6(11)9(2)7(8)12/h5-7,10-12H,3-4H2,1-2H3. The van der Waals surface area contributed by atoms with Gasteiger partial charge < -0.3 is 15.3 Å². The van der Waals surface area contributed by atoms with Crippen LogP contribution in [0.15, 0.2) is 0 Å². The smallest absolute Gasteiger partial charge is 0.167 e. The van der Waals surface area contributed by atoms with Crippen LogP contribution in [0.25, 0.3) is 0 Å². The molecule has 1 aliphatic heterocycles. The van der Waals surface area contributed by atoms with Crippen molar-refractivity contribution in [1.29, 1.82) is 0 Å². The molecule has 5 heteroatoms. The molecule has 1 heterocycles. The van der Waals surface area contributed by atoms with Gasteiger partial charge >= 0.3 is 0 Å². The minimum absolute atomic E-state index is 0.0669. The predicted octanol–water partition coefficient (Wildman–Crippen LogP) is -1.93. The van der Waals surface area contributed by atoms with Crippen molar-refractivity contribution in [3.05, 3.63) is 0 Å². The highest BCUT2D eigenvalue weighted by molar-refractivity contribution is 4.78. The van der Waals surface area contributed by atoms with Gasteiger partial charge in [-0.15, -0.1) is 0 Å². The zero-order chi connectivity index (χ0) is 9.30. The molecule has 1 saturated heterocycles. The summed E-state index contributed by atoms with van der Waals surface area (Å²) in [6, 6.07) is 0. The molecule has 0 radical (unpaired) electrons. The Bertz CT molecular complexity index is 151.